The highest BCUT2D eigenvalue weighted by Crippen LogP contribution is 2.41. The van der Waals surface area contributed by atoms with Crippen molar-refractivity contribution in [3.05, 3.63) is 53.1 Å². The Labute approximate surface area is 236 Å². The van der Waals surface area contributed by atoms with Crippen LogP contribution in [0.4, 0.5) is 0 Å². The van der Waals surface area contributed by atoms with Crippen LogP contribution in [0.1, 0.15) is 54.7 Å². The predicted molar refractivity (Wildman–Crippen MR) is 150 cm³/mol. The summed E-state index contributed by atoms with van der Waals surface area (Å²) in [5.41, 5.74) is 1.70. The molecule has 2 saturated heterocycles. The van der Waals surface area contributed by atoms with Gasteiger partial charge in [0.1, 0.15) is 11.7 Å². The molecule has 2 heterocycles. The molecule has 0 spiro atoms. The molecule has 2 fully saturated rings. The van der Waals surface area contributed by atoms with Crippen molar-refractivity contribution < 1.29 is 33.7 Å². The second-order valence-electron chi connectivity index (χ2n) is 10.8. The fraction of sp³-hybridized carbons (Fsp3) is 0.516. The van der Waals surface area contributed by atoms with Crippen molar-refractivity contribution in [2.45, 2.75) is 40.2 Å². The number of likely N-dealkylation sites (tertiary alicyclic amines) is 1. The average Bonchev–Trinajstić information content (AvgIpc) is 3.19. The van der Waals surface area contributed by atoms with Gasteiger partial charge in [0.05, 0.1) is 32.5 Å². The summed E-state index contributed by atoms with van der Waals surface area (Å²) >= 11 is 0. The van der Waals surface area contributed by atoms with E-state index in [2.05, 4.69) is 18.7 Å². The zero-order chi connectivity index (χ0) is 28.8. The number of amides is 1. The Morgan fingerprint density at radius 1 is 1.05 bits per heavy atom. The maximum absolute atomic E-state index is 13.9. The van der Waals surface area contributed by atoms with E-state index in [1.54, 1.807) is 37.3 Å². The van der Waals surface area contributed by atoms with Crippen LogP contribution in [0, 0.1) is 18.8 Å². The Hall–Kier alpha value is -3.43. The van der Waals surface area contributed by atoms with Crippen molar-refractivity contribution in [3.8, 4) is 17.2 Å². The minimum absolute atomic E-state index is 0.0457. The molecular weight excluding hydrogens is 512 g/mol. The van der Waals surface area contributed by atoms with Crippen LogP contribution in [0.2, 0.25) is 0 Å². The second kappa shape index (κ2) is 13.3. The van der Waals surface area contributed by atoms with E-state index in [4.69, 9.17) is 14.2 Å². The van der Waals surface area contributed by atoms with Gasteiger partial charge in [-0.3, -0.25) is 19.3 Å². The van der Waals surface area contributed by atoms with Crippen molar-refractivity contribution in [2.24, 2.45) is 11.8 Å². The first-order valence-electron chi connectivity index (χ1n) is 14.1. The van der Waals surface area contributed by atoms with E-state index in [1.807, 2.05) is 6.92 Å². The summed E-state index contributed by atoms with van der Waals surface area (Å²) in [6, 6.07) is 9.06. The number of hydrogen-bond acceptors (Lipinski definition) is 8. The van der Waals surface area contributed by atoms with Crippen LogP contribution in [0.25, 0.3) is 0 Å². The summed E-state index contributed by atoms with van der Waals surface area (Å²) in [5.74, 6) is -1.77. The van der Waals surface area contributed by atoms with Gasteiger partial charge in [-0.25, -0.2) is 0 Å². The molecule has 0 aromatic heterocycles. The zero-order valence-electron chi connectivity index (χ0n) is 23.9. The summed E-state index contributed by atoms with van der Waals surface area (Å²) in [5, 5.41) is 10.3. The monoisotopic (exact) mass is 552 g/mol. The number of aromatic hydroxyl groups is 1. The first-order chi connectivity index (χ1) is 19.2. The Kier molecular flexibility index (Phi) is 9.81. The highest BCUT2D eigenvalue weighted by molar-refractivity contribution is 6.44. The molecular formula is C31H40N2O7. The lowest BCUT2D eigenvalue weighted by atomic mass is 9.85. The smallest absolute Gasteiger partial charge is 0.291 e. The third-order valence-electron chi connectivity index (χ3n) is 7.32. The Bertz CT molecular complexity index is 1220. The molecule has 0 bridgehead atoms. The van der Waals surface area contributed by atoms with Crippen LogP contribution in [-0.4, -0.2) is 85.0 Å². The van der Waals surface area contributed by atoms with Gasteiger partial charge in [-0.2, -0.15) is 0 Å². The van der Waals surface area contributed by atoms with Crippen LogP contribution in [0.5, 0.6) is 17.2 Å². The molecule has 0 radical (unpaired) electrons. The number of benzene rings is 2. The van der Waals surface area contributed by atoms with Gasteiger partial charge < -0.3 is 24.2 Å². The minimum atomic E-state index is -1.21. The van der Waals surface area contributed by atoms with E-state index in [9.17, 15) is 19.5 Å². The molecule has 2 aliphatic rings. The van der Waals surface area contributed by atoms with Gasteiger partial charge in [0.25, 0.3) is 5.91 Å². The maximum atomic E-state index is 13.9. The van der Waals surface area contributed by atoms with Gasteiger partial charge in [0.2, 0.25) is 5.78 Å². The maximum Gasteiger partial charge on any atom is 0.291 e. The van der Waals surface area contributed by atoms with Gasteiger partial charge in [-0.1, -0.05) is 19.9 Å². The number of hydrogen-bond donors (Lipinski definition) is 1. The third-order valence-corrected chi connectivity index (χ3v) is 7.32. The summed E-state index contributed by atoms with van der Waals surface area (Å²) in [4.78, 5) is 44.5. The van der Waals surface area contributed by atoms with E-state index in [0.717, 1.165) is 25.2 Å². The summed E-state index contributed by atoms with van der Waals surface area (Å²) in [6.07, 6.45) is 0.647. The van der Waals surface area contributed by atoms with Crippen molar-refractivity contribution in [3.63, 3.8) is 0 Å². The number of carbonyl (C=O) groups excluding carboxylic acids is 3. The number of morpholine rings is 1. The van der Waals surface area contributed by atoms with Crippen molar-refractivity contribution in [1.82, 2.24) is 9.80 Å². The number of phenolic OH excluding ortho intramolecular Hbond substituents is 1. The van der Waals surface area contributed by atoms with Crippen LogP contribution in [-0.2, 0) is 14.3 Å². The Morgan fingerprint density at radius 2 is 1.80 bits per heavy atom. The van der Waals surface area contributed by atoms with Crippen LogP contribution in [0.3, 0.4) is 0 Å². The number of Topliss-reactive ketones (excluding diaryl/α,β-unsaturated/α-hetero) is 2. The van der Waals surface area contributed by atoms with Gasteiger partial charge in [-0.15, -0.1) is 0 Å². The van der Waals surface area contributed by atoms with Gasteiger partial charge in [0, 0.05) is 31.7 Å². The second-order valence-corrected chi connectivity index (χ2v) is 10.8. The number of ether oxygens (including phenoxy) is 3. The summed E-state index contributed by atoms with van der Waals surface area (Å²) in [6.45, 7) is 12.7. The number of rotatable bonds is 12. The quantitative estimate of drug-likeness (QED) is 0.241. The fourth-order valence-electron chi connectivity index (χ4n) is 5.28. The summed E-state index contributed by atoms with van der Waals surface area (Å²) < 4.78 is 16.9. The lowest BCUT2D eigenvalue weighted by Crippen LogP contribution is -2.39. The largest absolute Gasteiger partial charge is 0.504 e. The average molecular weight is 553 g/mol. The fourth-order valence-corrected chi connectivity index (χ4v) is 5.28. The molecule has 0 saturated carbocycles. The third kappa shape index (κ3) is 6.64. The molecule has 9 heteroatoms. The molecule has 2 aromatic rings. The van der Waals surface area contributed by atoms with Crippen LogP contribution >= 0.6 is 0 Å². The Balaban J connectivity index is 1.64. The lowest BCUT2D eigenvalue weighted by molar-refractivity contribution is -0.140. The molecule has 0 aliphatic carbocycles. The SMILES string of the molecule is CCOc1cc(C2C(C(=O)c3ccc(OCC(C)C)c(C)c3)C(=O)C(=O)N2CCCN2CCOCC2)ccc1O. The number of ketones is 2. The number of carbonyl (C=O) groups is 3. The number of phenols is 1. The van der Waals surface area contributed by atoms with Gasteiger partial charge in [0.15, 0.2) is 17.3 Å². The molecule has 2 atom stereocenters. The molecule has 9 nitrogen and oxygen atoms in total. The molecule has 216 valence electrons. The standard InChI is InChI=1S/C31H40N2O7/c1-5-39-26-18-22(7-9-24(26)34)28-27(29(35)23-8-10-25(21(4)17-23)40-19-20(2)3)30(36)31(37)33(28)12-6-11-32-13-15-38-16-14-32/h7-10,17-18,20,27-28,34H,5-6,11-16,19H2,1-4H3. The first-order valence-corrected chi connectivity index (χ1v) is 14.1. The molecule has 40 heavy (non-hydrogen) atoms. The molecule has 2 aliphatic heterocycles. The van der Waals surface area contributed by atoms with E-state index < -0.39 is 29.4 Å². The minimum Gasteiger partial charge on any atom is -0.504 e. The van der Waals surface area contributed by atoms with E-state index in [1.165, 1.54) is 11.0 Å². The van der Waals surface area contributed by atoms with Gasteiger partial charge in [-0.05, 0) is 67.6 Å². The molecule has 1 amide bonds. The lowest BCUT2D eigenvalue weighted by Gasteiger charge is -2.30. The van der Waals surface area contributed by atoms with Gasteiger partial charge >= 0.3 is 0 Å². The Morgan fingerprint density at radius 3 is 2.48 bits per heavy atom. The van der Waals surface area contributed by atoms with E-state index >= 15 is 0 Å². The summed E-state index contributed by atoms with van der Waals surface area (Å²) in [7, 11) is 0. The zero-order valence-corrected chi connectivity index (χ0v) is 23.9. The van der Waals surface area contributed by atoms with E-state index in [0.29, 0.717) is 62.2 Å². The topological polar surface area (TPSA) is 106 Å². The molecule has 2 aromatic carbocycles. The van der Waals surface area contributed by atoms with Crippen molar-refractivity contribution in [2.75, 3.05) is 52.6 Å². The highest BCUT2D eigenvalue weighted by atomic mass is 16.5. The molecule has 2 unspecified atom stereocenters. The first kappa shape index (κ1) is 29.6. The van der Waals surface area contributed by atoms with Crippen molar-refractivity contribution >= 4 is 17.5 Å². The van der Waals surface area contributed by atoms with Crippen molar-refractivity contribution in [1.29, 1.82) is 0 Å². The normalized spacial score (nSPS) is 19.9. The predicted octanol–water partition coefficient (Wildman–Crippen LogP) is 3.81. The number of aryl methyl sites for hydroxylation is 1. The van der Waals surface area contributed by atoms with Crippen LogP contribution < -0.4 is 9.47 Å². The highest BCUT2D eigenvalue weighted by Gasteiger charge is 2.51. The van der Waals surface area contributed by atoms with Crippen LogP contribution in [0.15, 0.2) is 36.4 Å². The number of nitrogens with zero attached hydrogens (tertiary/aromatic N) is 2. The molecule has 4 rings (SSSR count). The van der Waals surface area contributed by atoms with E-state index in [-0.39, 0.29) is 11.5 Å². The molecule has 1 N–H and O–H groups in total.